The number of anilines is 1. The van der Waals surface area contributed by atoms with E-state index in [2.05, 4.69) is 19.9 Å². The highest BCUT2D eigenvalue weighted by Gasteiger charge is 2.17. The SMILES string of the molecule is COc1nc(C)nc(OC)c1Sc1nccc(N)n1. The monoisotopic (exact) mass is 279 g/mol. The Hall–Kier alpha value is -2.09. The molecule has 0 aromatic carbocycles. The highest BCUT2D eigenvalue weighted by molar-refractivity contribution is 7.99. The minimum atomic E-state index is 0.392. The van der Waals surface area contributed by atoms with Crippen molar-refractivity contribution in [2.75, 3.05) is 20.0 Å². The minimum absolute atomic E-state index is 0.392. The van der Waals surface area contributed by atoms with E-state index in [1.54, 1.807) is 19.2 Å². The van der Waals surface area contributed by atoms with E-state index in [-0.39, 0.29) is 0 Å². The van der Waals surface area contributed by atoms with Crippen LogP contribution in [0.25, 0.3) is 0 Å². The number of hydrogen-bond donors (Lipinski definition) is 1. The number of nitrogens with zero attached hydrogens (tertiary/aromatic N) is 4. The van der Waals surface area contributed by atoms with E-state index in [0.717, 1.165) is 0 Å². The summed E-state index contributed by atoms with van der Waals surface area (Å²) in [4.78, 5) is 17.2. The van der Waals surface area contributed by atoms with Gasteiger partial charge in [-0.1, -0.05) is 0 Å². The Labute approximate surface area is 114 Å². The summed E-state index contributed by atoms with van der Waals surface area (Å²) in [6.45, 7) is 1.76. The van der Waals surface area contributed by atoms with Crippen molar-refractivity contribution in [2.24, 2.45) is 0 Å². The van der Waals surface area contributed by atoms with E-state index in [4.69, 9.17) is 15.2 Å². The Balaban J connectivity index is 2.43. The van der Waals surface area contributed by atoms with Gasteiger partial charge < -0.3 is 15.2 Å². The van der Waals surface area contributed by atoms with E-state index < -0.39 is 0 Å². The molecule has 0 saturated carbocycles. The molecule has 0 fully saturated rings. The third kappa shape index (κ3) is 3.02. The molecule has 0 aliphatic carbocycles. The first-order chi connectivity index (χ1) is 9.13. The predicted octanol–water partition coefficient (Wildman–Crippen LogP) is 1.33. The van der Waals surface area contributed by atoms with Crippen molar-refractivity contribution in [3.63, 3.8) is 0 Å². The van der Waals surface area contributed by atoms with Gasteiger partial charge in [-0.05, 0) is 24.8 Å². The first kappa shape index (κ1) is 13.3. The predicted molar refractivity (Wildman–Crippen MR) is 70.4 cm³/mol. The van der Waals surface area contributed by atoms with Gasteiger partial charge in [0.25, 0.3) is 0 Å². The second-order valence-corrected chi connectivity index (χ2v) is 4.46. The molecular weight excluding hydrogens is 266 g/mol. The summed E-state index contributed by atoms with van der Waals surface area (Å²) in [6.07, 6.45) is 1.58. The summed E-state index contributed by atoms with van der Waals surface area (Å²) in [5.74, 6) is 1.79. The zero-order valence-electron chi connectivity index (χ0n) is 10.7. The lowest BCUT2D eigenvalue weighted by atomic mass is 10.5. The minimum Gasteiger partial charge on any atom is -0.480 e. The normalized spacial score (nSPS) is 10.3. The van der Waals surface area contributed by atoms with Crippen molar-refractivity contribution >= 4 is 17.6 Å². The first-order valence-electron chi connectivity index (χ1n) is 5.37. The van der Waals surface area contributed by atoms with Crippen LogP contribution in [0.2, 0.25) is 0 Å². The molecule has 0 saturated heterocycles. The highest BCUT2D eigenvalue weighted by atomic mass is 32.2. The molecule has 2 N–H and O–H groups in total. The number of methoxy groups -OCH3 is 2. The molecule has 0 atom stereocenters. The lowest BCUT2D eigenvalue weighted by Crippen LogP contribution is -2.01. The zero-order valence-corrected chi connectivity index (χ0v) is 11.6. The van der Waals surface area contributed by atoms with Crippen LogP contribution in [0.15, 0.2) is 22.3 Å². The number of aryl methyl sites for hydroxylation is 1. The fourth-order valence-corrected chi connectivity index (χ4v) is 2.25. The molecule has 0 unspecified atom stereocenters. The molecule has 2 aromatic rings. The Kier molecular flexibility index (Phi) is 4.00. The van der Waals surface area contributed by atoms with Crippen LogP contribution in [-0.2, 0) is 0 Å². The molecule has 0 aliphatic rings. The van der Waals surface area contributed by atoms with E-state index in [1.165, 1.54) is 26.0 Å². The quantitative estimate of drug-likeness (QED) is 0.837. The summed E-state index contributed by atoms with van der Waals surface area (Å²) in [7, 11) is 3.07. The third-order valence-corrected chi connectivity index (χ3v) is 3.08. The van der Waals surface area contributed by atoms with Gasteiger partial charge in [0.1, 0.15) is 16.5 Å². The van der Waals surface area contributed by atoms with Crippen molar-refractivity contribution in [1.82, 2.24) is 19.9 Å². The van der Waals surface area contributed by atoms with Crippen LogP contribution in [0.5, 0.6) is 11.8 Å². The van der Waals surface area contributed by atoms with Crippen molar-refractivity contribution in [3.8, 4) is 11.8 Å². The van der Waals surface area contributed by atoms with E-state index in [0.29, 0.717) is 33.5 Å². The van der Waals surface area contributed by atoms with E-state index in [9.17, 15) is 0 Å². The number of rotatable bonds is 4. The summed E-state index contributed by atoms with van der Waals surface area (Å²) in [5.41, 5.74) is 5.62. The fourth-order valence-electron chi connectivity index (χ4n) is 1.37. The second kappa shape index (κ2) is 5.70. The number of ether oxygens (including phenoxy) is 2. The average molecular weight is 279 g/mol. The molecule has 8 heteroatoms. The Morgan fingerprint density at radius 1 is 1.11 bits per heavy atom. The molecule has 2 rings (SSSR count). The van der Waals surface area contributed by atoms with Gasteiger partial charge in [-0.15, -0.1) is 0 Å². The number of aromatic nitrogens is 4. The van der Waals surface area contributed by atoms with Crippen LogP contribution in [0, 0.1) is 6.92 Å². The number of nitrogen functional groups attached to an aromatic ring is 1. The molecule has 2 aromatic heterocycles. The summed E-state index contributed by atoms with van der Waals surface area (Å²) in [5, 5.41) is 0.476. The lowest BCUT2D eigenvalue weighted by molar-refractivity contribution is 0.350. The van der Waals surface area contributed by atoms with Gasteiger partial charge in [0.15, 0.2) is 5.16 Å². The molecule has 0 radical (unpaired) electrons. The summed E-state index contributed by atoms with van der Waals surface area (Å²) in [6, 6.07) is 1.62. The second-order valence-electron chi connectivity index (χ2n) is 3.48. The van der Waals surface area contributed by atoms with Gasteiger partial charge >= 0.3 is 0 Å². The molecule has 7 nitrogen and oxygen atoms in total. The van der Waals surface area contributed by atoms with Crippen molar-refractivity contribution in [2.45, 2.75) is 17.0 Å². The lowest BCUT2D eigenvalue weighted by Gasteiger charge is -2.10. The van der Waals surface area contributed by atoms with Crippen LogP contribution in [0.4, 0.5) is 5.82 Å². The molecule has 0 spiro atoms. The molecule has 19 heavy (non-hydrogen) atoms. The smallest absolute Gasteiger partial charge is 0.234 e. The van der Waals surface area contributed by atoms with Crippen LogP contribution in [0.1, 0.15) is 5.82 Å². The zero-order chi connectivity index (χ0) is 13.8. The summed E-state index contributed by atoms with van der Waals surface area (Å²) < 4.78 is 10.5. The van der Waals surface area contributed by atoms with Crippen molar-refractivity contribution < 1.29 is 9.47 Å². The summed E-state index contributed by atoms with van der Waals surface area (Å²) >= 11 is 1.24. The van der Waals surface area contributed by atoms with Gasteiger partial charge in [-0.25, -0.2) is 9.97 Å². The Bertz CT molecular complexity index is 568. The number of hydrogen-bond acceptors (Lipinski definition) is 8. The fraction of sp³-hybridized carbons (Fsp3) is 0.273. The van der Waals surface area contributed by atoms with E-state index >= 15 is 0 Å². The average Bonchev–Trinajstić information content (AvgIpc) is 2.40. The standard InChI is InChI=1S/C11H13N5O2S/c1-6-14-9(17-2)8(10(15-6)18-3)19-11-13-5-4-7(12)16-11/h4-5H,1-3H3,(H2,12,13,16). The number of nitrogens with two attached hydrogens (primary N) is 1. The maximum atomic E-state index is 5.62. The van der Waals surface area contributed by atoms with Crippen molar-refractivity contribution in [1.29, 1.82) is 0 Å². The molecular formula is C11H13N5O2S. The third-order valence-electron chi connectivity index (χ3n) is 2.15. The van der Waals surface area contributed by atoms with Gasteiger partial charge in [-0.3, -0.25) is 0 Å². The van der Waals surface area contributed by atoms with Gasteiger partial charge in [0, 0.05) is 6.20 Å². The Morgan fingerprint density at radius 3 is 2.26 bits per heavy atom. The maximum Gasteiger partial charge on any atom is 0.234 e. The van der Waals surface area contributed by atoms with Gasteiger partial charge in [0.2, 0.25) is 11.8 Å². The van der Waals surface area contributed by atoms with Crippen LogP contribution >= 0.6 is 11.8 Å². The topological polar surface area (TPSA) is 96.0 Å². The van der Waals surface area contributed by atoms with Gasteiger partial charge in [-0.2, -0.15) is 9.97 Å². The van der Waals surface area contributed by atoms with Crippen LogP contribution < -0.4 is 15.2 Å². The highest BCUT2D eigenvalue weighted by Crippen LogP contribution is 2.38. The Morgan fingerprint density at radius 2 is 1.74 bits per heavy atom. The molecule has 0 bridgehead atoms. The molecule has 0 aliphatic heterocycles. The molecule has 0 amide bonds. The van der Waals surface area contributed by atoms with Crippen molar-refractivity contribution in [3.05, 3.63) is 18.1 Å². The van der Waals surface area contributed by atoms with Crippen LogP contribution in [0.3, 0.4) is 0 Å². The molecule has 2 heterocycles. The van der Waals surface area contributed by atoms with E-state index in [1.807, 2.05) is 0 Å². The first-order valence-corrected chi connectivity index (χ1v) is 6.18. The molecule has 100 valence electrons. The maximum absolute atomic E-state index is 5.62. The largest absolute Gasteiger partial charge is 0.480 e. The van der Waals surface area contributed by atoms with Crippen LogP contribution in [-0.4, -0.2) is 34.2 Å². The van der Waals surface area contributed by atoms with Gasteiger partial charge in [0.05, 0.1) is 14.2 Å².